The highest BCUT2D eigenvalue weighted by Gasteiger charge is 2.24. The minimum absolute atomic E-state index is 0.158. The number of thioether (sulfide) groups is 1. The zero-order chi connectivity index (χ0) is 21.0. The van der Waals surface area contributed by atoms with Gasteiger partial charge in [0.2, 0.25) is 15.9 Å². The molecule has 0 spiro atoms. The highest BCUT2D eigenvalue weighted by Crippen LogP contribution is 2.32. The Morgan fingerprint density at radius 2 is 1.79 bits per heavy atom. The molecule has 9 heteroatoms. The van der Waals surface area contributed by atoms with Crippen LogP contribution in [0.3, 0.4) is 0 Å². The molecule has 2 aromatic rings. The third-order valence-electron chi connectivity index (χ3n) is 4.58. The molecule has 1 aliphatic rings. The monoisotopic (exact) mass is 436 g/mol. The van der Waals surface area contributed by atoms with Crippen molar-refractivity contribution < 1.29 is 22.7 Å². The van der Waals surface area contributed by atoms with Crippen molar-refractivity contribution in [3.05, 3.63) is 48.0 Å². The average Bonchev–Trinajstić information content (AvgIpc) is 2.73. The number of likely N-dealkylation sites (N-methyl/N-ethyl adjacent to an activating group) is 1. The van der Waals surface area contributed by atoms with Crippen molar-refractivity contribution in [1.82, 2.24) is 9.62 Å². The number of hydrogen-bond acceptors (Lipinski definition) is 6. The van der Waals surface area contributed by atoms with Crippen LogP contribution in [0.2, 0.25) is 0 Å². The highest BCUT2D eigenvalue weighted by atomic mass is 32.2. The molecule has 1 N–H and O–H groups in total. The van der Waals surface area contributed by atoms with Crippen LogP contribution in [0.5, 0.6) is 11.5 Å². The molecule has 1 atom stereocenters. The molecule has 0 fully saturated rings. The smallest absolute Gasteiger partial charge is 0.243 e. The van der Waals surface area contributed by atoms with Crippen molar-refractivity contribution in [3.63, 3.8) is 0 Å². The molecule has 2 aromatic carbocycles. The second-order valence-electron chi connectivity index (χ2n) is 6.63. The molecule has 0 unspecified atom stereocenters. The Bertz CT molecular complexity index is 977. The van der Waals surface area contributed by atoms with Crippen LogP contribution in [-0.2, 0) is 14.8 Å². The molecule has 1 amide bonds. The van der Waals surface area contributed by atoms with Crippen molar-refractivity contribution in [2.45, 2.75) is 22.8 Å². The fourth-order valence-corrected chi connectivity index (χ4v) is 4.45. The maximum atomic E-state index is 12.7. The number of rotatable bonds is 7. The lowest BCUT2D eigenvalue weighted by atomic mass is 10.1. The predicted octanol–water partition coefficient (Wildman–Crippen LogP) is 2.68. The van der Waals surface area contributed by atoms with Gasteiger partial charge in [0.15, 0.2) is 11.5 Å². The van der Waals surface area contributed by atoms with Gasteiger partial charge in [-0.2, -0.15) is 4.31 Å². The van der Waals surface area contributed by atoms with Crippen molar-refractivity contribution in [2.75, 3.05) is 33.1 Å². The Hall–Kier alpha value is -2.23. The summed E-state index contributed by atoms with van der Waals surface area (Å²) in [7, 11) is -2.35. The van der Waals surface area contributed by atoms with Crippen molar-refractivity contribution >= 4 is 27.7 Å². The van der Waals surface area contributed by atoms with E-state index in [2.05, 4.69) is 5.32 Å². The van der Waals surface area contributed by atoms with E-state index in [0.29, 0.717) is 24.7 Å². The summed E-state index contributed by atoms with van der Waals surface area (Å²) in [5.41, 5.74) is 0.848. The first kappa shape index (κ1) is 21.5. The largest absolute Gasteiger partial charge is 0.486 e. The number of hydrogen-bond donors (Lipinski definition) is 1. The van der Waals surface area contributed by atoms with Crippen LogP contribution in [0.1, 0.15) is 18.5 Å². The van der Waals surface area contributed by atoms with Gasteiger partial charge in [0.05, 0.1) is 17.5 Å². The fraction of sp³-hybridized carbons (Fsp3) is 0.350. The molecule has 0 aliphatic carbocycles. The first-order valence-corrected chi connectivity index (χ1v) is 11.8. The maximum Gasteiger partial charge on any atom is 0.243 e. The Kier molecular flexibility index (Phi) is 6.71. The lowest BCUT2D eigenvalue weighted by Gasteiger charge is -2.22. The van der Waals surface area contributed by atoms with E-state index in [1.54, 1.807) is 30.3 Å². The molecule has 29 heavy (non-hydrogen) atoms. The van der Waals surface area contributed by atoms with Crippen LogP contribution in [-0.4, -0.2) is 51.7 Å². The number of sulfonamides is 1. The molecule has 3 rings (SSSR count). The van der Waals surface area contributed by atoms with Crippen LogP contribution in [0.4, 0.5) is 0 Å². The molecule has 156 valence electrons. The number of ether oxygens (including phenoxy) is 2. The van der Waals surface area contributed by atoms with Gasteiger partial charge in [-0.3, -0.25) is 4.79 Å². The maximum absolute atomic E-state index is 12.7. The standard InChI is InChI=1S/C20H24N2O5S2/c1-14(15-4-9-18-19(12-15)27-11-10-26-18)21-20(23)13-22(2)29(24,25)17-7-5-16(28-3)6-8-17/h4-9,12,14H,10-11,13H2,1-3H3,(H,21,23)/t14-/m0/s1. The van der Waals surface area contributed by atoms with Crippen LogP contribution in [0.15, 0.2) is 52.3 Å². The summed E-state index contributed by atoms with van der Waals surface area (Å²) in [4.78, 5) is 13.6. The number of fused-ring (bicyclic) bond motifs is 1. The van der Waals surface area contributed by atoms with Crippen LogP contribution < -0.4 is 14.8 Å². The van der Waals surface area contributed by atoms with E-state index >= 15 is 0 Å². The predicted molar refractivity (Wildman–Crippen MR) is 112 cm³/mol. The van der Waals surface area contributed by atoms with Gasteiger partial charge < -0.3 is 14.8 Å². The first-order chi connectivity index (χ1) is 13.8. The highest BCUT2D eigenvalue weighted by molar-refractivity contribution is 7.98. The number of carbonyl (C=O) groups is 1. The van der Waals surface area contributed by atoms with Gasteiger partial charge in [-0.05, 0) is 55.1 Å². The summed E-state index contributed by atoms with van der Waals surface area (Å²) in [6, 6.07) is 11.8. The van der Waals surface area contributed by atoms with Crippen LogP contribution in [0, 0.1) is 0 Å². The summed E-state index contributed by atoms with van der Waals surface area (Å²) in [6.45, 7) is 2.55. The molecule has 0 bridgehead atoms. The molecule has 0 radical (unpaired) electrons. The number of benzene rings is 2. The Morgan fingerprint density at radius 1 is 1.14 bits per heavy atom. The molecular weight excluding hydrogens is 412 g/mol. The van der Waals surface area contributed by atoms with E-state index in [-0.39, 0.29) is 23.4 Å². The zero-order valence-electron chi connectivity index (χ0n) is 16.5. The average molecular weight is 437 g/mol. The second kappa shape index (κ2) is 9.06. The van der Waals surface area contributed by atoms with Gasteiger partial charge >= 0.3 is 0 Å². The fourth-order valence-electron chi connectivity index (χ4n) is 2.91. The molecule has 0 saturated heterocycles. The summed E-state index contributed by atoms with van der Waals surface area (Å²) in [6.07, 6.45) is 1.92. The lowest BCUT2D eigenvalue weighted by molar-refractivity contribution is -0.121. The quantitative estimate of drug-likeness (QED) is 0.672. The summed E-state index contributed by atoms with van der Waals surface area (Å²) >= 11 is 1.53. The van der Waals surface area contributed by atoms with Crippen molar-refractivity contribution in [1.29, 1.82) is 0 Å². The normalized spacial score (nSPS) is 14.5. The summed E-state index contributed by atoms with van der Waals surface area (Å²) in [5, 5.41) is 2.83. The first-order valence-electron chi connectivity index (χ1n) is 9.10. The van der Waals surface area contributed by atoms with Crippen LogP contribution >= 0.6 is 11.8 Å². The van der Waals surface area contributed by atoms with E-state index < -0.39 is 10.0 Å². The lowest BCUT2D eigenvalue weighted by Crippen LogP contribution is -2.39. The molecular formula is C20H24N2O5S2. The van der Waals surface area contributed by atoms with Gasteiger partial charge in [-0.15, -0.1) is 11.8 Å². The van der Waals surface area contributed by atoms with Crippen molar-refractivity contribution in [2.24, 2.45) is 0 Å². The Morgan fingerprint density at radius 3 is 2.45 bits per heavy atom. The van der Waals surface area contributed by atoms with E-state index in [1.165, 1.54) is 18.8 Å². The second-order valence-corrected chi connectivity index (χ2v) is 9.55. The zero-order valence-corrected chi connectivity index (χ0v) is 18.2. The number of carbonyl (C=O) groups excluding carboxylic acids is 1. The summed E-state index contributed by atoms with van der Waals surface area (Å²) < 4.78 is 37.5. The van der Waals surface area contributed by atoms with E-state index in [4.69, 9.17) is 9.47 Å². The molecule has 0 aromatic heterocycles. The van der Waals surface area contributed by atoms with Gasteiger partial charge in [-0.1, -0.05) is 6.07 Å². The molecule has 1 aliphatic heterocycles. The molecule has 0 saturated carbocycles. The van der Waals surface area contributed by atoms with Gasteiger partial charge in [0.25, 0.3) is 0 Å². The van der Waals surface area contributed by atoms with Gasteiger partial charge in [0.1, 0.15) is 13.2 Å². The molecule has 1 heterocycles. The van der Waals surface area contributed by atoms with Crippen LogP contribution in [0.25, 0.3) is 0 Å². The minimum Gasteiger partial charge on any atom is -0.486 e. The van der Waals surface area contributed by atoms with Crippen molar-refractivity contribution in [3.8, 4) is 11.5 Å². The van der Waals surface area contributed by atoms with Gasteiger partial charge in [-0.25, -0.2) is 8.42 Å². The minimum atomic E-state index is -3.74. The number of nitrogens with zero attached hydrogens (tertiary/aromatic N) is 1. The van der Waals surface area contributed by atoms with E-state index in [0.717, 1.165) is 14.8 Å². The third kappa shape index (κ3) is 5.04. The number of amides is 1. The Balaban J connectivity index is 1.63. The summed E-state index contributed by atoms with van der Waals surface area (Å²) in [5.74, 6) is 0.930. The Labute approximate surface area is 175 Å². The number of nitrogens with one attached hydrogen (secondary N) is 1. The SMILES string of the molecule is CSc1ccc(S(=O)(=O)N(C)CC(=O)N[C@@H](C)c2ccc3c(c2)OCCO3)cc1. The molecule has 7 nitrogen and oxygen atoms in total. The van der Waals surface area contributed by atoms with E-state index in [9.17, 15) is 13.2 Å². The third-order valence-corrected chi connectivity index (χ3v) is 7.14. The van der Waals surface area contributed by atoms with E-state index in [1.807, 2.05) is 25.3 Å². The van der Waals surface area contributed by atoms with Gasteiger partial charge in [0, 0.05) is 11.9 Å². The topological polar surface area (TPSA) is 84.9 Å².